The molecule has 2 aliphatic heterocycles. The Kier molecular flexibility index (Phi) is 19.3. The van der Waals surface area contributed by atoms with Gasteiger partial charge in [-0.05, 0) is 43.7 Å². The van der Waals surface area contributed by atoms with Crippen molar-refractivity contribution >= 4 is 70.9 Å². The summed E-state index contributed by atoms with van der Waals surface area (Å²) in [6.45, 7) is -3.97. The number of aromatic nitrogens is 1. The Balaban J connectivity index is 1.48. The summed E-state index contributed by atoms with van der Waals surface area (Å²) in [6.07, 6.45) is 6.14. The maximum absolute atomic E-state index is 13.9. The molecule has 1 aliphatic carbocycles. The van der Waals surface area contributed by atoms with Crippen molar-refractivity contribution in [2.24, 2.45) is 0 Å². The molecule has 25 heteroatoms. The van der Waals surface area contributed by atoms with Gasteiger partial charge in [-0.3, -0.25) is 62.5 Å². The molecule has 2 saturated heterocycles. The number of rotatable bonds is 3. The Morgan fingerprint density at radius 2 is 1.02 bits per heavy atom. The van der Waals surface area contributed by atoms with Crippen LogP contribution >= 0.6 is 0 Å². The van der Waals surface area contributed by atoms with E-state index in [-0.39, 0.29) is 19.3 Å². The minimum atomic E-state index is -1.49. The first-order valence-corrected chi connectivity index (χ1v) is 20.9. The van der Waals surface area contributed by atoms with Gasteiger partial charge in [-0.1, -0.05) is 18.9 Å². The molecule has 0 aromatic carbocycles. The fourth-order valence-electron chi connectivity index (χ4n) is 6.91. The van der Waals surface area contributed by atoms with Gasteiger partial charge in [0.05, 0.1) is 58.8 Å². The Hall–Kier alpha value is -7.21. The van der Waals surface area contributed by atoms with E-state index in [9.17, 15) is 57.5 Å². The molecule has 1 aromatic heterocycles. The van der Waals surface area contributed by atoms with Crippen LogP contribution in [0.25, 0.3) is 0 Å². The molecular formula is C39H55N13O12. The minimum Gasteiger partial charge on any atom is -0.347 e. The number of hydrogen-bond donors (Lipinski definition) is 11. The molecule has 1 saturated carbocycles. The molecule has 3 fully saturated rings. The third-order valence-corrected chi connectivity index (χ3v) is 10.3. The minimum absolute atomic E-state index is 0.0633. The van der Waals surface area contributed by atoms with Crippen LogP contribution in [0.3, 0.4) is 0 Å². The molecule has 348 valence electrons. The second kappa shape index (κ2) is 25.0. The standard InChI is InChI=1S/C39H55N13O12/c53-27-14-26(37(63)52-11-4-1-5-12-52)50-35(61)23-48-38(64)39(8-2-3-9-39)51-36(62)25(13-24-7-6-10-40-15-24)49-34(60)22-47-33(59)21-46-32(58)20-45-31(57)19-44-30(56)18-43-29(55)17-42-28(54)16-41-27/h6-7,10,15,25-26H,1-5,8-9,11-14,16-23H2,(H,41,53)(H,42,54)(H,43,55)(H,44,56)(H,45,57)(H,46,58)(H,47,59)(H,48,64)(H,49,60)(H,50,61)(H,51,62). The van der Waals surface area contributed by atoms with E-state index in [1.54, 1.807) is 12.1 Å². The van der Waals surface area contributed by atoms with Crippen LogP contribution in [-0.4, -0.2) is 164 Å². The normalized spacial score (nSPS) is 22.9. The number of nitrogens with one attached hydrogen (secondary N) is 11. The maximum Gasteiger partial charge on any atom is 0.246 e. The van der Waals surface area contributed by atoms with Crippen molar-refractivity contribution in [2.75, 3.05) is 65.4 Å². The van der Waals surface area contributed by atoms with Crippen LogP contribution in [-0.2, 0) is 64.0 Å². The molecule has 64 heavy (non-hydrogen) atoms. The molecule has 0 bridgehead atoms. The summed E-state index contributed by atoms with van der Waals surface area (Å²) >= 11 is 0. The molecule has 2 unspecified atom stereocenters. The van der Waals surface area contributed by atoms with E-state index in [0.717, 1.165) is 6.42 Å². The largest absolute Gasteiger partial charge is 0.347 e. The second-order valence-corrected chi connectivity index (χ2v) is 15.3. The van der Waals surface area contributed by atoms with Gasteiger partial charge in [-0.2, -0.15) is 0 Å². The first-order valence-electron chi connectivity index (χ1n) is 20.9. The smallest absolute Gasteiger partial charge is 0.246 e. The third-order valence-electron chi connectivity index (χ3n) is 10.3. The van der Waals surface area contributed by atoms with Crippen molar-refractivity contribution in [1.82, 2.24) is 68.4 Å². The molecule has 1 spiro atoms. The van der Waals surface area contributed by atoms with Crippen molar-refractivity contribution in [3.8, 4) is 0 Å². The number of likely N-dealkylation sites (tertiary alicyclic amines) is 1. The number of hydrogen-bond acceptors (Lipinski definition) is 13. The number of piperidine rings is 1. The maximum atomic E-state index is 13.9. The van der Waals surface area contributed by atoms with Crippen LogP contribution in [0.4, 0.5) is 0 Å². The monoisotopic (exact) mass is 897 g/mol. The summed E-state index contributed by atoms with van der Waals surface area (Å²) in [7, 11) is 0. The molecule has 12 amide bonds. The lowest BCUT2D eigenvalue weighted by Gasteiger charge is -2.32. The topological polar surface area (TPSA) is 353 Å². The molecule has 3 aliphatic rings. The van der Waals surface area contributed by atoms with Crippen molar-refractivity contribution in [3.63, 3.8) is 0 Å². The fraction of sp³-hybridized carbons (Fsp3) is 0.564. The fourth-order valence-corrected chi connectivity index (χ4v) is 6.91. The van der Waals surface area contributed by atoms with Gasteiger partial charge >= 0.3 is 0 Å². The van der Waals surface area contributed by atoms with Crippen molar-refractivity contribution in [1.29, 1.82) is 0 Å². The molecule has 11 N–H and O–H groups in total. The Morgan fingerprint density at radius 3 is 1.50 bits per heavy atom. The van der Waals surface area contributed by atoms with E-state index >= 15 is 0 Å². The van der Waals surface area contributed by atoms with Gasteiger partial charge in [0.25, 0.3) is 0 Å². The Labute approximate surface area is 367 Å². The summed E-state index contributed by atoms with van der Waals surface area (Å²) in [5.41, 5.74) is -0.935. The van der Waals surface area contributed by atoms with Gasteiger partial charge in [0.1, 0.15) is 17.6 Å². The van der Waals surface area contributed by atoms with Crippen molar-refractivity contribution < 1.29 is 57.5 Å². The van der Waals surface area contributed by atoms with Gasteiger partial charge in [0.2, 0.25) is 70.9 Å². The molecule has 4 rings (SSSR count). The van der Waals surface area contributed by atoms with Gasteiger partial charge < -0.3 is 63.4 Å². The zero-order valence-corrected chi connectivity index (χ0v) is 35.2. The summed E-state index contributed by atoms with van der Waals surface area (Å²) in [5, 5.41) is 26.2. The van der Waals surface area contributed by atoms with E-state index in [1.165, 1.54) is 17.3 Å². The van der Waals surface area contributed by atoms with Crippen LogP contribution in [0.2, 0.25) is 0 Å². The SMILES string of the molecule is O=C1CNC(=O)CNC(=O)CNC(=O)CC(C(=O)N2CCCCC2)NC(=O)CNC(=O)C2(CCCC2)NC(=O)C(Cc2cccnc2)NC(=O)CNC(=O)CNC(=O)CNC(=O)CN1. The predicted octanol–water partition coefficient (Wildman–Crippen LogP) is -6.63. The zero-order valence-electron chi connectivity index (χ0n) is 35.2. The van der Waals surface area contributed by atoms with Crippen molar-refractivity contribution in [3.05, 3.63) is 30.1 Å². The highest BCUT2D eigenvalue weighted by Gasteiger charge is 2.44. The number of nitrogens with zero attached hydrogens (tertiary/aromatic N) is 2. The average molecular weight is 898 g/mol. The quantitative estimate of drug-likeness (QED) is 0.135. The van der Waals surface area contributed by atoms with E-state index in [4.69, 9.17) is 0 Å². The highest BCUT2D eigenvalue weighted by molar-refractivity contribution is 5.98. The lowest BCUT2D eigenvalue weighted by molar-refractivity contribution is -0.139. The van der Waals surface area contributed by atoms with Gasteiger partial charge in [0, 0.05) is 31.9 Å². The molecule has 1 aromatic rings. The van der Waals surface area contributed by atoms with Crippen LogP contribution in [0, 0.1) is 0 Å². The molecule has 2 atom stereocenters. The summed E-state index contributed by atoms with van der Waals surface area (Å²) in [6, 6.07) is 0.650. The summed E-state index contributed by atoms with van der Waals surface area (Å²) in [4.78, 5) is 160. The molecule has 25 nitrogen and oxygen atoms in total. The average Bonchev–Trinajstić information content (AvgIpc) is 3.77. The summed E-state index contributed by atoms with van der Waals surface area (Å²) < 4.78 is 0. The lowest BCUT2D eigenvalue weighted by Crippen LogP contribution is -2.62. The highest BCUT2D eigenvalue weighted by atomic mass is 16.2. The molecule has 3 heterocycles. The first kappa shape index (κ1) is 49.4. The van der Waals surface area contributed by atoms with Gasteiger partial charge in [0.15, 0.2) is 0 Å². The first-order chi connectivity index (χ1) is 30.6. The molecule has 0 radical (unpaired) electrons. The van der Waals surface area contributed by atoms with E-state index < -0.39 is 147 Å². The van der Waals surface area contributed by atoms with E-state index in [2.05, 4.69) is 63.5 Å². The number of carbonyl (C=O) groups excluding carboxylic acids is 12. The second-order valence-electron chi connectivity index (χ2n) is 15.3. The van der Waals surface area contributed by atoms with Crippen LogP contribution < -0.4 is 58.5 Å². The van der Waals surface area contributed by atoms with Gasteiger partial charge in [-0.25, -0.2) is 0 Å². The van der Waals surface area contributed by atoms with E-state index in [0.29, 0.717) is 44.3 Å². The molecular weight excluding hydrogens is 843 g/mol. The highest BCUT2D eigenvalue weighted by Crippen LogP contribution is 2.30. The third kappa shape index (κ3) is 16.9. The number of pyridine rings is 1. The van der Waals surface area contributed by atoms with Gasteiger partial charge in [-0.15, -0.1) is 0 Å². The lowest BCUT2D eigenvalue weighted by atomic mass is 9.94. The Bertz CT molecular complexity index is 1920. The zero-order chi connectivity index (χ0) is 46.5. The Morgan fingerprint density at radius 1 is 0.562 bits per heavy atom. The number of amides is 12. The number of carbonyl (C=O) groups is 12. The van der Waals surface area contributed by atoms with Crippen LogP contribution in [0.1, 0.15) is 56.9 Å². The van der Waals surface area contributed by atoms with E-state index in [1.807, 2.05) is 0 Å². The van der Waals surface area contributed by atoms with Crippen LogP contribution in [0.5, 0.6) is 0 Å². The summed E-state index contributed by atoms with van der Waals surface area (Å²) in [5.74, 6) is -9.11. The van der Waals surface area contributed by atoms with Crippen LogP contribution in [0.15, 0.2) is 24.5 Å². The predicted molar refractivity (Wildman–Crippen MR) is 220 cm³/mol. The van der Waals surface area contributed by atoms with Crippen molar-refractivity contribution in [2.45, 2.75) is 75.4 Å².